The number of anilines is 2. The van der Waals surface area contributed by atoms with E-state index in [-0.39, 0.29) is 0 Å². The second-order valence-corrected chi connectivity index (χ2v) is 8.34. The van der Waals surface area contributed by atoms with Gasteiger partial charge in [-0.15, -0.1) is 22.7 Å². The van der Waals surface area contributed by atoms with E-state index in [9.17, 15) is 0 Å². The van der Waals surface area contributed by atoms with Crippen molar-refractivity contribution in [1.29, 1.82) is 0 Å². The first kappa shape index (κ1) is 17.8. The Morgan fingerprint density at radius 1 is 0.808 bits per heavy atom. The summed E-state index contributed by atoms with van der Waals surface area (Å²) >= 11 is 21.3. The van der Waals surface area contributed by atoms with Gasteiger partial charge in [0, 0.05) is 37.1 Å². The highest BCUT2D eigenvalue weighted by molar-refractivity contribution is 7.15. The third-order valence-electron chi connectivity index (χ3n) is 3.49. The number of halogens is 3. The predicted octanol–water partition coefficient (Wildman–Crippen LogP) is 7.64. The molecular weight excluding hydrogens is 429 g/mol. The van der Waals surface area contributed by atoms with Gasteiger partial charge in [-0.05, 0) is 24.3 Å². The smallest absolute Gasteiger partial charge is 0.187 e. The minimum absolute atomic E-state index is 0.570. The molecule has 0 aliphatic carbocycles. The van der Waals surface area contributed by atoms with Gasteiger partial charge in [0.05, 0.1) is 5.69 Å². The molecule has 4 aromatic rings. The highest BCUT2D eigenvalue weighted by atomic mass is 35.5. The Morgan fingerprint density at radius 3 is 2.31 bits per heavy atom. The van der Waals surface area contributed by atoms with Crippen molar-refractivity contribution >= 4 is 68.3 Å². The summed E-state index contributed by atoms with van der Waals surface area (Å²) in [6.07, 6.45) is 0. The Hall–Kier alpha value is -1.63. The van der Waals surface area contributed by atoms with Crippen LogP contribution in [0.2, 0.25) is 15.1 Å². The molecule has 4 rings (SSSR count). The van der Waals surface area contributed by atoms with Crippen LogP contribution < -0.4 is 5.32 Å². The molecule has 0 aliphatic rings. The summed E-state index contributed by atoms with van der Waals surface area (Å²) in [6.45, 7) is 0. The molecule has 8 heteroatoms. The fourth-order valence-electron chi connectivity index (χ4n) is 2.36. The normalized spacial score (nSPS) is 10.9. The van der Waals surface area contributed by atoms with Gasteiger partial charge in [-0.3, -0.25) is 0 Å². The zero-order valence-electron chi connectivity index (χ0n) is 13.0. The first-order valence-electron chi connectivity index (χ1n) is 7.48. The maximum Gasteiger partial charge on any atom is 0.187 e. The van der Waals surface area contributed by atoms with Crippen molar-refractivity contribution in [2.75, 3.05) is 5.32 Å². The Morgan fingerprint density at radius 2 is 1.54 bits per heavy atom. The van der Waals surface area contributed by atoms with Gasteiger partial charge in [0.1, 0.15) is 10.7 Å². The second kappa shape index (κ2) is 7.55. The molecule has 0 amide bonds. The number of aromatic nitrogens is 2. The van der Waals surface area contributed by atoms with E-state index in [1.165, 1.54) is 22.7 Å². The summed E-state index contributed by atoms with van der Waals surface area (Å²) in [5.74, 6) is 0. The fraction of sp³-hybridized carbons (Fsp3) is 0. The summed E-state index contributed by atoms with van der Waals surface area (Å²) in [5.41, 5.74) is 3.37. The molecule has 1 N–H and O–H groups in total. The average molecular weight is 439 g/mol. The summed E-state index contributed by atoms with van der Waals surface area (Å²) in [6, 6.07) is 12.9. The van der Waals surface area contributed by atoms with Crippen LogP contribution in [0.25, 0.3) is 22.0 Å². The predicted molar refractivity (Wildman–Crippen MR) is 113 cm³/mol. The molecule has 0 spiro atoms. The zero-order valence-corrected chi connectivity index (χ0v) is 16.9. The van der Waals surface area contributed by atoms with Gasteiger partial charge in [-0.2, -0.15) is 0 Å². The van der Waals surface area contributed by atoms with Gasteiger partial charge in [0.15, 0.2) is 5.13 Å². The van der Waals surface area contributed by atoms with E-state index in [1.54, 1.807) is 18.2 Å². The number of hydrogen-bond acceptors (Lipinski definition) is 5. The lowest BCUT2D eigenvalue weighted by Gasteiger charge is -2.03. The fourth-order valence-corrected chi connectivity index (χ4v) is 4.69. The van der Waals surface area contributed by atoms with Crippen LogP contribution in [0, 0.1) is 0 Å². The van der Waals surface area contributed by atoms with E-state index < -0.39 is 0 Å². The van der Waals surface area contributed by atoms with Crippen LogP contribution in [-0.2, 0) is 0 Å². The van der Waals surface area contributed by atoms with Crippen molar-refractivity contribution in [2.24, 2.45) is 0 Å². The van der Waals surface area contributed by atoms with Crippen LogP contribution in [0.4, 0.5) is 10.8 Å². The van der Waals surface area contributed by atoms with E-state index in [0.29, 0.717) is 15.1 Å². The molecule has 2 aromatic carbocycles. The van der Waals surface area contributed by atoms with Crippen LogP contribution in [0.15, 0.2) is 53.2 Å². The molecule has 2 heterocycles. The summed E-state index contributed by atoms with van der Waals surface area (Å²) in [7, 11) is 0. The molecular formula is C18H10Cl3N3S2. The van der Waals surface area contributed by atoms with Crippen LogP contribution in [0.5, 0.6) is 0 Å². The Balaban J connectivity index is 1.58. The topological polar surface area (TPSA) is 37.8 Å². The SMILES string of the molecule is Clc1cc(Cl)cc(Nc2nc(-c3nc(-c4ccccc4Cl)cs3)cs2)c1. The van der Waals surface area contributed by atoms with Crippen molar-refractivity contribution in [3.8, 4) is 22.0 Å². The number of nitrogens with one attached hydrogen (secondary N) is 1. The molecule has 0 radical (unpaired) electrons. The van der Waals surface area contributed by atoms with Gasteiger partial charge in [-0.1, -0.05) is 53.0 Å². The maximum atomic E-state index is 6.25. The Labute approximate surface area is 173 Å². The van der Waals surface area contributed by atoms with Crippen LogP contribution in [-0.4, -0.2) is 9.97 Å². The highest BCUT2D eigenvalue weighted by Crippen LogP contribution is 2.34. The quantitative estimate of drug-likeness (QED) is 0.356. The lowest BCUT2D eigenvalue weighted by molar-refractivity contribution is 1.33. The monoisotopic (exact) mass is 437 g/mol. The Kier molecular flexibility index (Phi) is 5.16. The number of benzene rings is 2. The molecule has 0 unspecified atom stereocenters. The molecule has 3 nitrogen and oxygen atoms in total. The molecule has 2 aromatic heterocycles. The minimum atomic E-state index is 0.570. The maximum absolute atomic E-state index is 6.25. The van der Waals surface area contributed by atoms with E-state index >= 15 is 0 Å². The van der Waals surface area contributed by atoms with Gasteiger partial charge < -0.3 is 5.32 Å². The first-order chi connectivity index (χ1) is 12.6. The number of hydrogen-bond donors (Lipinski definition) is 1. The van der Waals surface area contributed by atoms with Gasteiger partial charge in [0.2, 0.25) is 0 Å². The van der Waals surface area contributed by atoms with Crippen LogP contribution in [0.3, 0.4) is 0 Å². The van der Waals surface area contributed by atoms with Gasteiger partial charge >= 0.3 is 0 Å². The largest absolute Gasteiger partial charge is 0.331 e. The van der Waals surface area contributed by atoms with Gasteiger partial charge in [-0.25, -0.2) is 9.97 Å². The molecule has 0 bridgehead atoms. The van der Waals surface area contributed by atoms with Crippen molar-refractivity contribution in [1.82, 2.24) is 9.97 Å². The number of thiazole rings is 2. The first-order valence-corrected chi connectivity index (χ1v) is 10.4. The van der Waals surface area contributed by atoms with Gasteiger partial charge in [0.25, 0.3) is 0 Å². The van der Waals surface area contributed by atoms with Crippen molar-refractivity contribution in [2.45, 2.75) is 0 Å². The summed E-state index contributed by atoms with van der Waals surface area (Å²) in [4.78, 5) is 9.27. The third-order valence-corrected chi connectivity index (χ3v) is 5.88. The average Bonchev–Trinajstić information content (AvgIpc) is 3.23. The van der Waals surface area contributed by atoms with E-state index in [0.717, 1.165) is 32.8 Å². The Bertz CT molecular complexity index is 1050. The summed E-state index contributed by atoms with van der Waals surface area (Å²) in [5, 5.41) is 10.6. The number of rotatable bonds is 4. The van der Waals surface area contributed by atoms with E-state index in [4.69, 9.17) is 34.8 Å². The number of nitrogens with zero attached hydrogens (tertiary/aromatic N) is 2. The van der Waals surface area contributed by atoms with E-state index in [1.807, 2.05) is 35.0 Å². The molecule has 0 saturated heterocycles. The van der Waals surface area contributed by atoms with Crippen LogP contribution >= 0.6 is 57.5 Å². The standard InChI is InChI=1S/C18H10Cl3N3S2/c19-10-5-11(20)7-12(6-10)22-18-24-16(9-26-18)17-23-15(8-25-17)13-3-1-2-4-14(13)21/h1-9H,(H,22,24). The molecule has 0 fully saturated rings. The molecule has 0 saturated carbocycles. The highest BCUT2D eigenvalue weighted by Gasteiger charge is 2.12. The molecule has 26 heavy (non-hydrogen) atoms. The molecule has 0 aliphatic heterocycles. The lowest BCUT2D eigenvalue weighted by atomic mass is 10.2. The molecule has 0 atom stereocenters. The van der Waals surface area contributed by atoms with E-state index in [2.05, 4.69) is 15.3 Å². The molecule has 130 valence electrons. The van der Waals surface area contributed by atoms with Crippen LogP contribution in [0.1, 0.15) is 0 Å². The van der Waals surface area contributed by atoms with Crippen molar-refractivity contribution < 1.29 is 0 Å². The lowest BCUT2D eigenvalue weighted by Crippen LogP contribution is -1.89. The summed E-state index contributed by atoms with van der Waals surface area (Å²) < 4.78 is 0. The second-order valence-electron chi connectivity index (χ2n) is 5.34. The van der Waals surface area contributed by atoms with Crippen molar-refractivity contribution in [3.05, 3.63) is 68.3 Å². The minimum Gasteiger partial charge on any atom is -0.331 e. The van der Waals surface area contributed by atoms with Crippen molar-refractivity contribution in [3.63, 3.8) is 0 Å². The zero-order chi connectivity index (χ0) is 18.1. The third kappa shape index (κ3) is 3.87.